The molecule has 1 aromatic heterocycles. The lowest BCUT2D eigenvalue weighted by Crippen LogP contribution is -2.55. The van der Waals surface area contributed by atoms with Crippen LogP contribution in [0.4, 0.5) is 16.2 Å². The van der Waals surface area contributed by atoms with E-state index < -0.39 is 0 Å². The molecule has 2 amide bonds. The number of amides is 2. The van der Waals surface area contributed by atoms with Crippen LogP contribution in [0.25, 0.3) is 0 Å². The molecular weight excluding hydrogens is 304 g/mol. The van der Waals surface area contributed by atoms with E-state index in [1.54, 1.807) is 0 Å². The Labute approximate surface area is 141 Å². The number of anilines is 2. The predicted octanol–water partition coefficient (Wildman–Crippen LogP) is 2.02. The van der Waals surface area contributed by atoms with Crippen LogP contribution < -0.4 is 15.1 Å². The van der Waals surface area contributed by atoms with Crippen LogP contribution in [0, 0.1) is 0 Å². The summed E-state index contributed by atoms with van der Waals surface area (Å²) >= 11 is 0. The van der Waals surface area contributed by atoms with E-state index in [2.05, 4.69) is 21.3 Å². The van der Waals surface area contributed by atoms with Gasteiger partial charge in [0.2, 0.25) is 0 Å². The van der Waals surface area contributed by atoms with Crippen LogP contribution >= 0.6 is 0 Å². The Bertz CT molecular complexity index is 718. The van der Waals surface area contributed by atoms with Crippen molar-refractivity contribution in [2.24, 2.45) is 0 Å². The quantitative estimate of drug-likeness (QED) is 0.938. The first kappa shape index (κ1) is 15.0. The number of nitrogens with zero attached hydrogens (tertiary/aromatic N) is 3. The lowest BCUT2D eigenvalue weighted by atomic mass is 10.1. The average molecular weight is 324 g/mol. The van der Waals surface area contributed by atoms with Gasteiger partial charge in [-0.3, -0.25) is 9.88 Å². The Morgan fingerprint density at radius 3 is 2.62 bits per heavy atom. The molecule has 0 atom stereocenters. The maximum atomic E-state index is 12.6. The molecule has 1 fully saturated rings. The average Bonchev–Trinajstić information content (AvgIpc) is 2.59. The van der Waals surface area contributed by atoms with E-state index in [0.717, 1.165) is 30.2 Å². The summed E-state index contributed by atoms with van der Waals surface area (Å²) in [5, 5.41) is 3.02. The number of ether oxygens (including phenoxy) is 1. The second kappa shape index (κ2) is 6.49. The third kappa shape index (κ3) is 2.92. The van der Waals surface area contributed by atoms with Gasteiger partial charge >= 0.3 is 6.03 Å². The number of nitrogens with one attached hydrogen (secondary N) is 1. The van der Waals surface area contributed by atoms with E-state index in [1.165, 1.54) is 0 Å². The monoisotopic (exact) mass is 324 g/mol. The summed E-state index contributed by atoms with van der Waals surface area (Å²) in [6.07, 6.45) is 1.81. The van der Waals surface area contributed by atoms with Gasteiger partial charge in [-0.1, -0.05) is 18.2 Å². The van der Waals surface area contributed by atoms with E-state index in [4.69, 9.17) is 4.74 Å². The van der Waals surface area contributed by atoms with Crippen LogP contribution in [0.2, 0.25) is 0 Å². The normalized spacial score (nSPS) is 17.2. The molecule has 0 radical (unpaired) electrons. The highest BCUT2D eigenvalue weighted by Gasteiger charge is 2.29. The summed E-state index contributed by atoms with van der Waals surface area (Å²) in [5.41, 5.74) is 3.03. The molecule has 0 unspecified atom stereocenters. The summed E-state index contributed by atoms with van der Waals surface area (Å²) in [5.74, 6) is 0. The summed E-state index contributed by atoms with van der Waals surface area (Å²) in [6.45, 7) is 3.38. The maximum Gasteiger partial charge on any atom is 0.322 e. The van der Waals surface area contributed by atoms with Gasteiger partial charge in [0, 0.05) is 19.3 Å². The van der Waals surface area contributed by atoms with Crippen LogP contribution in [0.3, 0.4) is 0 Å². The number of fused-ring (bicyclic) bond motifs is 1. The highest BCUT2D eigenvalue weighted by atomic mass is 16.5. The standard InChI is InChI=1S/C18H20N4O2/c23-18(20-15-12-24-13-15)22-10-9-21(11-14-5-3-4-8-19-14)16-6-1-2-7-17(16)22/h1-8,15H,9-13H2,(H,20,23). The number of urea groups is 1. The van der Waals surface area contributed by atoms with Crippen molar-refractivity contribution in [1.29, 1.82) is 0 Å². The van der Waals surface area contributed by atoms with Gasteiger partial charge in [-0.05, 0) is 24.3 Å². The van der Waals surface area contributed by atoms with Gasteiger partial charge in [0.05, 0.1) is 42.9 Å². The number of carbonyl (C=O) groups excluding carboxylic acids is 1. The molecule has 1 saturated heterocycles. The van der Waals surface area contributed by atoms with Crippen molar-refractivity contribution in [3.63, 3.8) is 0 Å². The van der Waals surface area contributed by atoms with E-state index in [9.17, 15) is 4.79 Å². The first-order valence-electron chi connectivity index (χ1n) is 8.21. The minimum atomic E-state index is -0.0479. The molecule has 1 aromatic carbocycles. The van der Waals surface area contributed by atoms with Gasteiger partial charge < -0.3 is 15.0 Å². The van der Waals surface area contributed by atoms with E-state index >= 15 is 0 Å². The Kier molecular flexibility index (Phi) is 4.04. The van der Waals surface area contributed by atoms with Crippen molar-refractivity contribution in [2.75, 3.05) is 36.1 Å². The molecule has 124 valence electrons. The van der Waals surface area contributed by atoms with Crippen LogP contribution in [0.1, 0.15) is 5.69 Å². The van der Waals surface area contributed by atoms with Gasteiger partial charge in [0.1, 0.15) is 0 Å². The Balaban J connectivity index is 1.54. The lowest BCUT2D eigenvalue weighted by Gasteiger charge is -2.38. The number of rotatable bonds is 3. The number of hydrogen-bond donors (Lipinski definition) is 1. The van der Waals surface area contributed by atoms with Gasteiger partial charge in [-0.25, -0.2) is 4.79 Å². The minimum absolute atomic E-state index is 0.0479. The first-order chi connectivity index (χ1) is 11.8. The molecule has 2 aliphatic heterocycles. The fraction of sp³-hybridized carbons (Fsp3) is 0.333. The highest BCUT2D eigenvalue weighted by Crippen LogP contribution is 2.33. The topological polar surface area (TPSA) is 57.7 Å². The number of carbonyl (C=O) groups is 1. The Morgan fingerprint density at radius 1 is 1.12 bits per heavy atom. The molecule has 2 aliphatic rings. The van der Waals surface area contributed by atoms with Crippen molar-refractivity contribution in [3.8, 4) is 0 Å². The molecule has 6 heteroatoms. The minimum Gasteiger partial charge on any atom is -0.377 e. The molecule has 6 nitrogen and oxygen atoms in total. The molecule has 0 bridgehead atoms. The Hall–Kier alpha value is -2.60. The fourth-order valence-electron chi connectivity index (χ4n) is 3.06. The van der Waals surface area contributed by atoms with Crippen LogP contribution in [-0.4, -0.2) is 43.4 Å². The summed E-state index contributed by atoms with van der Waals surface area (Å²) in [4.78, 5) is 21.1. The van der Waals surface area contributed by atoms with Crippen molar-refractivity contribution < 1.29 is 9.53 Å². The van der Waals surface area contributed by atoms with Gasteiger partial charge in [-0.2, -0.15) is 0 Å². The first-order valence-corrected chi connectivity index (χ1v) is 8.21. The van der Waals surface area contributed by atoms with Crippen molar-refractivity contribution in [1.82, 2.24) is 10.3 Å². The Morgan fingerprint density at radius 2 is 1.92 bits per heavy atom. The summed E-state index contributed by atoms with van der Waals surface area (Å²) in [7, 11) is 0. The predicted molar refractivity (Wildman–Crippen MR) is 92.2 cm³/mol. The highest BCUT2D eigenvalue weighted by molar-refractivity contribution is 5.97. The smallest absolute Gasteiger partial charge is 0.322 e. The number of aromatic nitrogens is 1. The second-order valence-corrected chi connectivity index (χ2v) is 6.07. The molecule has 3 heterocycles. The summed E-state index contributed by atoms with van der Waals surface area (Å²) < 4.78 is 5.13. The van der Waals surface area contributed by atoms with Gasteiger partial charge in [0.25, 0.3) is 0 Å². The third-order valence-electron chi connectivity index (χ3n) is 4.40. The van der Waals surface area contributed by atoms with E-state index in [1.807, 2.05) is 47.5 Å². The third-order valence-corrected chi connectivity index (χ3v) is 4.40. The zero-order chi connectivity index (χ0) is 16.4. The number of para-hydroxylation sites is 2. The largest absolute Gasteiger partial charge is 0.377 e. The van der Waals surface area contributed by atoms with E-state index in [0.29, 0.717) is 19.8 Å². The van der Waals surface area contributed by atoms with Crippen LogP contribution in [0.15, 0.2) is 48.7 Å². The van der Waals surface area contributed by atoms with Gasteiger partial charge in [-0.15, -0.1) is 0 Å². The lowest BCUT2D eigenvalue weighted by molar-refractivity contribution is 0.000376. The van der Waals surface area contributed by atoms with Gasteiger partial charge in [0.15, 0.2) is 0 Å². The second-order valence-electron chi connectivity index (χ2n) is 6.07. The molecular formula is C18H20N4O2. The fourth-order valence-corrected chi connectivity index (χ4v) is 3.06. The van der Waals surface area contributed by atoms with Crippen LogP contribution in [0.5, 0.6) is 0 Å². The zero-order valence-electron chi connectivity index (χ0n) is 13.4. The number of hydrogen-bond acceptors (Lipinski definition) is 4. The van der Waals surface area contributed by atoms with E-state index in [-0.39, 0.29) is 12.1 Å². The maximum absolute atomic E-state index is 12.6. The number of pyridine rings is 1. The van der Waals surface area contributed by atoms with Crippen molar-refractivity contribution in [3.05, 3.63) is 54.4 Å². The SMILES string of the molecule is O=C(NC1COC1)N1CCN(Cc2ccccn2)c2ccccc21. The van der Waals surface area contributed by atoms with Crippen LogP contribution in [-0.2, 0) is 11.3 Å². The molecule has 1 N–H and O–H groups in total. The molecule has 2 aromatic rings. The van der Waals surface area contributed by atoms with Crippen molar-refractivity contribution >= 4 is 17.4 Å². The summed E-state index contributed by atoms with van der Waals surface area (Å²) in [6, 6.07) is 14.1. The molecule has 0 saturated carbocycles. The number of benzene rings is 1. The molecule has 24 heavy (non-hydrogen) atoms. The zero-order valence-corrected chi connectivity index (χ0v) is 13.4. The molecule has 0 spiro atoms. The molecule has 0 aliphatic carbocycles. The molecule has 4 rings (SSSR count). The van der Waals surface area contributed by atoms with Crippen molar-refractivity contribution in [2.45, 2.75) is 12.6 Å².